The molecule has 126 valence electrons. The van der Waals surface area contributed by atoms with Crippen LogP contribution in [0.15, 0.2) is 64.0 Å². The number of carbonyl (C=O) groups excluding carboxylic acids is 1. The fourth-order valence-electron chi connectivity index (χ4n) is 2.24. The molecule has 1 heterocycles. The van der Waals surface area contributed by atoms with Crippen LogP contribution >= 0.6 is 23.2 Å². The lowest BCUT2D eigenvalue weighted by atomic mass is 10.1. The van der Waals surface area contributed by atoms with Crippen LogP contribution in [0.1, 0.15) is 16.1 Å². The fourth-order valence-corrected chi connectivity index (χ4v) is 2.54. The maximum Gasteiger partial charge on any atom is 0.338 e. The Morgan fingerprint density at radius 2 is 1.76 bits per heavy atom. The predicted octanol–water partition coefficient (Wildman–Crippen LogP) is 5.79. The Labute approximate surface area is 154 Å². The summed E-state index contributed by atoms with van der Waals surface area (Å²) < 4.78 is 10.6. The second-order valence-corrected chi connectivity index (χ2v) is 5.99. The van der Waals surface area contributed by atoms with Crippen LogP contribution in [-0.4, -0.2) is 19.3 Å². The van der Waals surface area contributed by atoms with E-state index in [0.29, 0.717) is 32.7 Å². The van der Waals surface area contributed by atoms with Gasteiger partial charge in [-0.3, -0.25) is 4.99 Å². The second kappa shape index (κ2) is 7.55. The van der Waals surface area contributed by atoms with Gasteiger partial charge in [0.05, 0.1) is 24.6 Å². The summed E-state index contributed by atoms with van der Waals surface area (Å²) in [6.07, 6.45) is 1.59. The van der Waals surface area contributed by atoms with Crippen molar-refractivity contribution in [1.82, 2.24) is 0 Å². The van der Waals surface area contributed by atoms with Gasteiger partial charge in [0.1, 0.15) is 11.5 Å². The number of halogens is 2. The third-order valence-electron chi connectivity index (χ3n) is 3.45. The third-order valence-corrected chi connectivity index (χ3v) is 3.93. The van der Waals surface area contributed by atoms with Gasteiger partial charge in [0.25, 0.3) is 0 Å². The summed E-state index contributed by atoms with van der Waals surface area (Å²) in [7, 11) is 1.33. The first-order chi connectivity index (χ1) is 12.1. The number of furan rings is 1. The zero-order valence-corrected chi connectivity index (χ0v) is 14.7. The molecule has 0 fully saturated rings. The third kappa shape index (κ3) is 4.10. The normalized spacial score (nSPS) is 11.0. The zero-order chi connectivity index (χ0) is 17.8. The van der Waals surface area contributed by atoms with Crippen LogP contribution in [0.2, 0.25) is 10.0 Å². The number of hydrogen-bond acceptors (Lipinski definition) is 4. The van der Waals surface area contributed by atoms with Crippen LogP contribution < -0.4 is 0 Å². The van der Waals surface area contributed by atoms with Crippen LogP contribution in [0.4, 0.5) is 5.69 Å². The Hall–Kier alpha value is -2.56. The molecule has 0 aliphatic carbocycles. The van der Waals surface area contributed by atoms with Crippen molar-refractivity contribution < 1.29 is 13.9 Å². The van der Waals surface area contributed by atoms with E-state index in [4.69, 9.17) is 32.4 Å². The molecule has 3 aromatic rings. The maximum atomic E-state index is 11.9. The summed E-state index contributed by atoms with van der Waals surface area (Å²) in [6, 6.07) is 15.5. The van der Waals surface area contributed by atoms with Gasteiger partial charge in [0.15, 0.2) is 0 Å². The Balaban J connectivity index is 1.90. The first kappa shape index (κ1) is 17.3. The number of aliphatic imine (C=N–C) groups is 1. The number of ether oxygens (including phenoxy) is 1. The van der Waals surface area contributed by atoms with E-state index in [1.54, 1.807) is 60.8 Å². The standard InChI is InChI=1S/C19H13Cl2NO3/c1-24-19(23)16-8-4-13(21)10-17(16)18-9-7-15(25-18)11-22-14-5-2-12(20)3-6-14/h2-11H,1H3. The van der Waals surface area contributed by atoms with Crippen molar-refractivity contribution in [3.05, 3.63) is 76.0 Å². The molecule has 0 radical (unpaired) electrons. The van der Waals surface area contributed by atoms with Gasteiger partial charge in [-0.25, -0.2) is 4.79 Å². The average Bonchev–Trinajstić information content (AvgIpc) is 3.09. The number of nitrogens with zero attached hydrogens (tertiary/aromatic N) is 1. The molecule has 0 saturated carbocycles. The van der Waals surface area contributed by atoms with Crippen molar-refractivity contribution in [2.75, 3.05) is 7.11 Å². The molecule has 4 nitrogen and oxygen atoms in total. The van der Waals surface area contributed by atoms with Crippen LogP contribution in [0, 0.1) is 0 Å². The van der Waals surface area contributed by atoms with Crippen molar-refractivity contribution in [3.63, 3.8) is 0 Å². The molecule has 2 aromatic carbocycles. The summed E-state index contributed by atoms with van der Waals surface area (Å²) in [5, 5.41) is 1.14. The molecule has 0 unspecified atom stereocenters. The Morgan fingerprint density at radius 3 is 2.48 bits per heavy atom. The van der Waals surface area contributed by atoms with Crippen LogP contribution in [-0.2, 0) is 4.74 Å². The molecular formula is C19H13Cl2NO3. The van der Waals surface area contributed by atoms with Gasteiger partial charge >= 0.3 is 5.97 Å². The number of benzene rings is 2. The van der Waals surface area contributed by atoms with Crippen molar-refractivity contribution in [1.29, 1.82) is 0 Å². The van der Waals surface area contributed by atoms with E-state index in [9.17, 15) is 4.79 Å². The van der Waals surface area contributed by atoms with Crippen molar-refractivity contribution >= 4 is 41.1 Å². The van der Waals surface area contributed by atoms with E-state index in [0.717, 1.165) is 5.69 Å². The molecule has 0 N–H and O–H groups in total. The topological polar surface area (TPSA) is 51.8 Å². The minimum Gasteiger partial charge on any atom is -0.465 e. The SMILES string of the molecule is COC(=O)c1ccc(Cl)cc1-c1ccc(C=Nc2ccc(Cl)cc2)o1. The molecule has 3 rings (SSSR count). The van der Waals surface area contributed by atoms with E-state index in [2.05, 4.69) is 4.99 Å². The van der Waals surface area contributed by atoms with Crippen molar-refractivity contribution in [3.8, 4) is 11.3 Å². The van der Waals surface area contributed by atoms with Gasteiger partial charge in [0.2, 0.25) is 0 Å². The Bertz CT molecular complexity index is 930. The smallest absolute Gasteiger partial charge is 0.338 e. The monoisotopic (exact) mass is 373 g/mol. The second-order valence-electron chi connectivity index (χ2n) is 5.12. The molecule has 0 amide bonds. The van der Waals surface area contributed by atoms with Gasteiger partial charge in [0, 0.05) is 15.6 Å². The van der Waals surface area contributed by atoms with Crippen LogP contribution in [0.5, 0.6) is 0 Å². The molecule has 0 aliphatic heterocycles. The molecule has 0 aliphatic rings. The molecule has 25 heavy (non-hydrogen) atoms. The molecule has 0 bridgehead atoms. The number of carbonyl (C=O) groups is 1. The number of methoxy groups -OCH3 is 1. The average molecular weight is 374 g/mol. The summed E-state index contributed by atoms with van der Waals surface area (Å²) in [5.74, 6) is 0.584. The highest BCUT2D eigenvalue weighted by Crippen LogP contribution is 2.29. The van der Waals surface area contributed by atoms with Gasteiger partial charge in [-0.1, -0.05) is 23.2 Å². The lowest BCUT2D eigenvalue weighted by molar-refractivity contribution is 0.0601. The lowest BCUT2D eigenvalue weighted by Crippen LogP contribution is -2.03. The molecule has 0 saturated heterocycles. The maximum absolute atomic E-state index is 11.9. The van der Waals surface area contributed by atoms with E-state index in [-0.39, 0.29) is 0 Å². The summed E-state index contributed by atoms with van der Waals surface area (Å²) >= 11 is 11.9. The quantitative estimate of drug-likeness (QED) is 0.429. The highest BCUT2D eigenvalue weighted by molar-refractivity contribution is 6.31. The van der Waals surface area contributed by atoms with Crippen molar-refractivity contribution in [2.24, 2.45) is 4.99 Å². The first-order valence-electron chi connectivity index (χ1n) is 7.34. The molecule has 0 spiro atoms. The van der Waals surface area contributed by atoms with Gasteiger partial charge in [-0.15, -0.1) is 0 Å². The van der Waals surface area contributed by atoms with Gasteiger partial charge in [-0.2, -0.15) is 0 Å². The van der Waals surface area contributed by atoms with E-state index in [1.165, 1.54) is 7.11 Å². The fraction of sp³-hybridized carbons (Fsp3) is 0.0526. The lowest BCUT2D eigenvalue weighted by Gasteiger charge is -2.06. The Morgan fingerprint density at radius 1 is 1.04 bits per heavy atom. The van der Waals surface area contributed by atoms with Gasteiger partial charge in [-0.05, 0) is 54.6 Å². The summed E-state index contributed by atoms with van der Waals surface area (Å²) in [6.45, 7) is 0. The van der Waals surface area contributed by atoms with Crippen molar-refractivity contribution in [2.45, 2.75) is 0 Å². The number of hydrogen-bond donors (Lipinski definition) is 0. The van der Waals surface area contributed by atoms with E-state index < -0.39 is 5.97 Å². The zero-order valence-electron chi connectivity index (χ0n) is 13.2. The summed E-state index contributed by atoms with van der Waals surface area (Å²) in [5.41, 5.74) is 1.69. The minimum atomic E-state index is -0.459. The van der Waals surface area contributed by atoms with E-state index in [1.807, 2.05) is 0 Å². The molecule has 6 heteroatoms. The molecular weight excluding hydrogens is 361 g/mol. The van der Waals surface area contributed by atoms with Gasteiger partial charge < -0.3 is 9.15 Å². The minimum absolute atomic E-state index is 0.377. The Kier molecular flexibility index (Phi) is 5.22. The summed E-state index contributed by atoms with van der Waals surface area (Å²) in [4.78, 5) is 16.2. The highest BCUT2D eigenvalue weighted by Gasteiger charge is 2.16. The largest absolute Gasteiger partial charge is 0.465 e. The number of esters is 1. The first-order valence-corrected chi connectivity index (χ1v) is 8.10. The van der Waals surface area contributed by atoms with E-state index >= 15 is 0 Å². The van der Waals surface area contributed by atoms with Crippen LogP contribution in [0.25, 0.3) is 11.3 Å². The number of rotatable bonds is 4. The molecule has 0 atom stereocenters. The predicted molar refractivity (Wildman–Crippen MR) is 99.2 cm³/mol. The highest BCUT2D eigenvalue weighted by atomic mass is 35.5. The molecule has 1 aromatic heterocycles. The van der Waals surface area contributed by atoms with Crippen LogP contribution in [0.3, 0.4) is 0 Å².